The third kappa shape index (κ3) is 8.57. The first-order valence-corrected chi connectivity index (χ1v) is 9.80. The van der Waals surface area contributed by atoms with Gasteiger partial charge in [-0.2, -0.15) is 0 Å². The van der Waals surface area contributed by atoms with E-state index in [9.17, 15) is 4.57 Å². The van der Waals surface area contributed by atoms with Crippen LogP contribution in [0.15, 0.2) is 30.3 Å². The minimum Gasteiger partial charge on any atom is -0.404 e. The number of phosphoric acid groups is 1. The lowest BCUT2D eigenvalue weighted by Gasteiger charge is -2.18. The topological polar surface area (TPSA) is 44.8 Å². The first kappa shape index (κ1) is 19.2. The lowest BCUT2D eigenvalue weighted by Crippen LogP contribution is -2.05. The standard InChI is InChI=1S/C17H29O4P/c1-3-5-7-12-16-20-22(18,19-15-11-6-4-2)21-17-13-9-8-10-14-17/h8-10,13-14H,3-7,11-12,15-16H2,1-2H3. The molecule has 22 heavy (non-hydrogen) atoms. The van der Waals surface area contributed by atoms with Crippen LogP contribution in [-0.4, -0.2) is 13.2 Å². The van der Waals surface area contributed by atoms with Crippen molar-refractivity contribution in [2.75, 3.05) is 13.2 Å². The van der Waals surface area contributed by atoms with Crippen LogP contribution in [0.3, 0.4) is 0 Å². The lowest BCUT2D eigenvalue weighted by molar-refractivity contribution is 0.151. The van der Waals surface area contributed by atoms with Gasteiger partial charge in [0, 0.05) is 0 Å². The van der Waals surface area contributed by atoms with Gasteiger partial charge in [-0.1, -0.05) is 64.2 Å². The van der Waals surface area contributed by atoms with Gasteiger partial charge in [-0.15, -0.1) is 0 Å². The number of unbranched alkanes of at least 4 members (excludes halogenated alkanes) is 5. The van der Waals surface area contributed by atoms with E-state index in [1.807, 2.05) is 18.2 Å². The summed E-state index contributed by atoms with van der Waals surface area (Å²) in [6.07, 6.45) is 7.24. The van der Waals surface area contributed by atoms with E-state index < -0.39 is 7.82 Å². The average molecular weight is 328 g/mol. The summed E-state index contributed by atoms with van der Waals surface area (Å²) in [5.74, 6) is 0.509. The summed E-state index contributed by atoms with van der Waals surface area (Å²) in [7, 11) is -3.53. The molecule has 5 heteroatoms. The number of hydrogen-bond acceptors (Lipinski definition) is 4. The maximum Gasteiger partial charge on any atom is 0.530 e. The summed E-state index contributed by atoms with van der Waals surface area (Å²) in [6.45, 7) is 5.07. The number of para-hydroxylation sites is 1. The molecule has 1 aromatic rings. The first-order valence-electron chi connectivity index (χ1n) is 8.34. The van der Waals surface area contributed by atoms with Crippen molar-refractivity contribution < 1.29 is 18.1 Å². The fourth-order valence-electron chi connectivity index (χ4n) is 1.93. The largest absolute Gasteiger partial charge is 0.530 e. The Bertz CT molecular complexity index is 422. The van der Waals surface area contributed by atoms with E-state index in [0.29, 0.717) is 19.0 Å². The van der Waals surface area contributed by atoms with E-state index in [0.717, 1.165) is 44.9 Å². The van der Waals surface area contributed by atoms with Gasteiger partial charge in [0.2, 0.25) is 0 Å². The Morgan fingerprint density at radius 3 is 1.95 bits per heavy atom. The summed E-state index contributed by atoms with van der Waals surface area (Å²) in [5.41, 5.74) is 0. The molecule has 0 fully saturated rings. The van der Waals surface area contributed by atoms with Crippen molar-refractivity contribution in [1.82, 2.24) is 0 Å². The third-order valence-electron chi connectivity index (χ3n) is 3.21. The van der Waals surface area contributed by atoms with Gasteiger partial charge in [0.25, 0.3) is 0 Å². The first-order chi connectivity index (χ1) is 10.7. The maximum absolute atomic E-state index is 12.7. The van der Waals surface area contributed by atoms with Crippen molar-refractivity contribution in [3.63, 3.8) is 0 Å². The summed E-state index contributed by atoms with van der Waals surface area (Å²) in [5, 5.41) is 0. The van der Waals surface area contributed by atoms with Crippen LogP contribution in [0, 0.1) is 0 Å². The number of rotatable bonds is 13. The summed E-state index contributed by atoms with van der Waals surface area (Å²) < 4.78 is 29.1. The van der Waals surface area contributed by atoms with Gasteiger partial charge in [0.05, 0.1) is 13.2 Å². The van der Waals surface area contributed by atoms with Crippen molar-refractivity contribution in [2.45, 2.75) is 58.8 Å². The molecule has 1 aromatic carbocycles. The molecule has 0 aliphatic carbocycles. The molecule has 0 heterocycles. The molecule has 0 amide bonds. The number of hydrogen-bond donors (Lipinski definition) is 0. The van der Waals surface area contributed by atoms with E-state index in [2.05, 4.69) is 13.8 Å². The molecular weight excluding hydrogens is 299 g/mol. The Balaban J connectivity index is 2.49. The van der Waals surface area contributed by atoms with Crippen LogP contribution in [0.2, 0.25) is 0 Å². The molecular formula is C17H29O4P. The third-order valence-corrected chi connectivity index (χ3v) is 4.64. The Labute approximate surface area is 134 Å². The molecule has 0 aliphatic rings. The fourth-order valence-corrected chi connectivity index (χ4v) is 3.20. The quantitative estimate of drug-likeness (QED) is 0.330. The Morgan fingerprint density at radius 2 is 1.36 bits per heavy atom. The fraction of sp³-hybridized carbons (Fsp3) is 0.647. The molecule has 0 saturated heterocycles. The maximum atomic E-state index is 12.7. The van der Waals surface area contributed by atoms with Crippen LogP contribution in [0.4, 0.5) is 0 Å². The van der Waals surface area contributed by atoms with Crippen molar-refractivity contribution in [3.05, 3.63) is 30.3 Å². The zero-order chi connectivity index (χ0) is 16.1. The van der Waals surface area contributed by atoms with E-state index in [1.165, 1.54) is 0 Å². The Kier molecular flexibility index (Phi) is 10.2. The Hall–Kier alpha value is -0.830. The van der Waals surface area contributed by atoms with Crippen LogP contribution in [-0.2, 0) is 13.6 Å². The minimum absolute atomic E-state index is 0.396. The molecule has 1 atom stereocenters. The second kappa shape index (κ2) is 11.7. The molecule has 0 bridgehead atoms. The monoisotopic (exact) mass is 328 g/mol. The normalized spacial score (nSPS) is 13.7. The number of benzene rings is 1. The highest BCUT2D eigenvalue weighted by molar-refractivity contribution is 7.48. The van der Waals surface area contributed by atoms with E-state index in [4.69, 9.17) is 13.6 Å². The van der Waals surface area contributed by atoms with Crippen LogP contribution in [0.1, 0.15) is 58.8 Å². The summed E-state index contributed by atoms with van der Waals surface area (Å²) in [6, 6.07) is 9.05. The summed E-state index contributed by atoms with van der Waals surface area (Å²) >= 11 is 0. The molecule has 4 nitrogen and oxygen atoms in total. The highest BCUT2D eigenvalue weighted by Crippen LogP contribution is 2.49. The van der Waals surface area contributed by atoms with Crippen LogP contribution in [0.5, 0.6) is 5.75 Å². The van der Waals surface area contributed by atoms with Gasteiger partial charge in [-0.3, -0.25) is 9.05 Å². The molecule has 0 aromatic heterocycles. The average Bonchev–Trinajstić information content (AvgIpc) is 2.52. The van der Waals surface area contributed by atoms with Crippen molar-refractivity contribution in [1.29, 1.82) is 0 Å². The molecule has 0 saturated carbocycles. The van der Waals surface area contributed by atoms with Crippen molar-refractivity contribution in [3.8, 4) is 5.75 Å². The van der Waals surface area contributed by atoms with E-state index in [1.54, 1.807) is 12.1 Å². The van der Waals surface area contributed by atoms with E-state index >= 15 is 0 Å². The van der Waals surface area contributed by atoms with Crippen molar-refractivity contribution in [2.24, 2.45) is 0 Å². The molecule has 0 spiro atoms. The molecule has 0 aliphatic heterocycles. The lowest BCUT2D eigenvalue weighted by atomic mass is 10.2. The summed E-state index contributed by atoms with van der Waals surface area (Å²) in [4.78, 5) is 0. The highest BCUT2D eigenvalue weighted by atomic mass is 31.2. The predicted octanol–water partition coefficient (Wildman–Crippen LogP) is 5.98. The predicted molar refractivity (Wildman–Crippen MR) is 90.2 cm³/mol. The Morgan fingerprint density at radius 1 is 0.818 bits per heavy atom. The van der Waals surface area contributed by atoms with Gasteiger partial charge in [-0.05, 0) is 25.0 Å². The van der Waals surface area contributed by atoms with Gasteiger partial charge in [-0.25, -0.2) is 4.57 Å². The second-order valence-corrected chi connectivity index (χ2v) is 6.88. The molecule has 1 rings (SSSR count). The zero-order valence-corrected chi connectivity index (χ0v) is 14.7. The molecule has 1 unspecified atom stereocenters. The molecule has 0 radical (unpaired) electrons. The van der Waals surface area contributed by atoms with Gasteiger partial charge >= 0.3 is 7.82 Å². The van der Waals surface area contributed by atoms with Crippen LogP contribution in [0.25, 0.3) is 0 Å². The van der Waals surface area contributed by atoms with Crippen LogP contribution < -0.4 is 4.52 Å². The molecule has 0 N–H and O–H groups in total. The molecule has 126 valence electrons. The smallest absolute Gasteiger partial charge is 0.404 e. The number of phosphoric ester groups is 1. The van der Waals surface area contributed by atoms with Gasteiger partial charge in [0.15, 0.2) is 0 Å². The highest BCUT2D eigenvalue weighted by Gasteiger charge is 2.28. The van der Waals surface area contributed by atoms with Crippen molar-refractivity contribution >= 4 is 7.82 Å². The van der Waals surface area contributed by atoms with E-state index in [-0.39, 0.29) is 0 Å². The minimum atomic E-state index is -3.53. The van der Waals surface area contributed by atoms with Gasteiger partial charge < -0.3 is 4.52 Å². The SMILES string of the molecule is CCCCCCOP(=O)(OCCCCC)Oc1ccccc1. The zero-order valence-electron chi connectivity index (χ0n) is 13.8. The van der Waals surface area contributed by atoms with Gasteiger partial charge in [0.1, 0.15) is 5.75 Å². The second-order valence-electron chi connectivity index (χ2n) is 5.29. The van der Waals surface area contributed by atoms with Crippen LogP contribution >= 0.6 is 7.82 Å².